The van der Waals surface area contributed by atoms with E-state index in [1.165, 1.54) is 22.9 Å². The molecule has 0 aliphatic carbocycles. The van der Waals surface area contributed by atoms with Crippen LogP contribution in [-0.4, -0.2) is 27.6 Å². The van der Waals surface area contributed by atoms with Crippen LogP contribution in [0.25, 0.3) is 6.08 Å². The number of hydrogen-bond donors (Lipinski definition) is 1. The quantitative estimate of drug-likeness (QED) is 0.319. The molecule has 1 aromatic heterocycles. The number of aryl methyl sites for hydroxylation is 2. The highest BCUT2D eigenvalue weighted by Gasteiger charge is 2.31. The van der Waals surface area contributed by atoms with Crippen molar-refractivity contribution in [2.24, 2.45) is 0 Å². The number of rotatable bonds is 8. The van der Waals surface area contributed by atoms with Gasteiger partial charge in [0, 0.05) is 23.5 Å². The zero-order valence-corrected chi connectivity index (χ0v) is 19.0. The third-order valence-corrected chi connectivity index (χ3v) is 6.96. The van der Waals surface area contributed by atoms with E-state index in [1.807, 2.05) is 48.7 Å². The molecule has 1 fully saturated rings. The molecule has 2 aromatic rings. The van der Waals surface area contributed by atoms with Crippen molar-refractivity contribution >= 4 is 63.2 Å². The van der Waals surface area contributed by atoms with Gasteiger partial charge in [0.25, 0.3) is 5.91 Å². The van der Waals surface area contributed by atoms with Crippen molar-refractivity contribution in [3.63, 3.8) is 0 Å². The Morgan fingerprint density at radius 3 is 2.72 bits per heavy atom. The van der Waals surface area contributed by atoms with Gasteiger partial charge in [-0.05, 0) is 67.5 Å². The third kappa shape index (κ3) is 6.01. The normalized spacial score (nSPS) is 15.4. The predicted molar refractivity (Wildman–Crippen MR) is 127 cm³/mol. The molecule has 1 N–H and O–H groups in total. The van der Waals surface area contributed by atoms with Gasteiger partial charge < -0.3 is 5.32 Å². The minimum atomic E-state index is -0.0131. The maximum absolute atomic E-state index is 12.6. The van der Waals surface area contributed by atoms with Crippen LogP contribution in [0.2, 0.25) is 0 Å². The summed E-state index contributed by atoms with van der Waals surface area (Å²) >= 11 is 8.33. The first-order chi connectivity index (χ1) is 13.9. The number of unbranched alkanes of at least 4 members (excludes halogenated alkanes) is 2. The molecule has 0 bridgehead atoms. The summed E-state index contributed by atoms with van der Waals surface area (Å²) in [4.78, 5) is 28.1. The number of thiophene rings is 1. The first kappa shape index (κ1) is 21.7. The van der Waals surface area contributed by atoms with E-state index in [-0.39, 0.29) is 11.8 Å². The summed E-state index contributed by atoms with van der Waals surface area (Å²) in [6.45, 7) is 4.69. The summed E-state index contributed by atoms with van der Waals surface area (Å²) in [6.07, 6.45) is 4.87. The van der Waals surface area contributed by atoms with Crippen molar-refractivity contribution < 1.29 is 9.59 Å². The molecule has 29 heavy (non-hydrogen) atoms. The van der Waals surface area contributed by atoms with Crippen LogP contribution in [0.3, 0.4) is 0 Å². The van der Waals surface area contributed by atoms with Crippen LogP contribution in [0, 0.1) is 13.8 Å². The van der Waals surface area contributed by atoms with Gasteiger partial charge in [-0.25, -0.2) is 0 Å². The van der Waals surface area contributed by atoms with Gasteiger partial charge in [-0.1, -0.05) is 42.5 Å². The number of anilines is 1. The molecule has 1 saturated heterocycles. The molecule has 0 spiro atoms. The van der Waals surface area contributed by atoms with Crippen molar-refractivity contribution in [2.75, 3.05) is 11.9 Å². The Morgan fingerprint density at radius 2 is 2.00 bits per heavy atom. The molecule has 7 heteroatoms. The highest BCUT2D eigenvalue weighted by Crippen LogP contribution is 2.33. The first-order valence-corrected chi connectivity index (χ1v) is 11.7. The molecule has 1 aliphatic heterocycles. The lowest BCUT2D eigenvalue weighted by molar-refractivity contribution is -0.122. The number of thioether (sulfide) groups is 1. The average molecular weight is 445 g/mol. The Labute approximate surface area is 185 Å². The van der Waals surface area contributed by atoms with Crippen LogP contribution < -0.4 is 5.32 Å². The fraction of sp³-hybridized carbons (Fsp3) is 0.318. The Balaban J connectivity index is 1.39. The second-order valence-corrected chi connectivity index (χ2v) is 9.66. The molecule has 0 atom stereocenters. The zero-order valence-electron chi connectivity index (χ0n) is 16.6. The van der Waals surface area contributed by atoms with Gasteiger partial charge >= 0.3 is 0 Å². The Bertz CT molecular complexity index is 936. The third-order valence-electron chi connectivity index (χ3n) is 4.77. The summed E-state index contributed by atoms with van der Waals surface area (Å²) < 4.78 is 0.616. The first-order valence-electron chi connectivity index (χ1n) is 9.60. The van der Waals surface area contributed by atoms with Gasteiger partial charge in [0.15, 0.2) is 0 Å². The SMILES string of the molecule is Cc1ccc(NC(=O)CCCCCN2C(=O)/C(=C/c3cccs3)SC2=S)cc1C. The molecule has 1 aromatic carbocycles. The fourth-order valence-electron chi connectivity index (χ4n) is 2.97. The monoisotopic (exact) mass is 444 g/mol. The van der Waals surface area contributed by atoms with E-state index in [0.29, 0.717) is 22.2 Å². The minimum absolute atomic E-state index is 0.0131. The molecule has 152 valence electrons. The number of nitrogens with one attached hydrogen (secondary N) is 1. The van der Waals surface area contributed by atoms with Crippen molar-refractivity contribution in [3.8, 4) is 0 Å². The molecule has 3 rings (SSSR count). The lowest BCUT2D eigenvalue weighted by atomic mass is 10.1. The summed E-state index contributed by atoms with van der Waals surface area (Å²) in [7, 11) is 0. The Kier molecular flexibility index (Phi) is 7.64. The molecule has 2 amide bonds. The van der Waals surface area contributed by atoms with Crippen LogP contribution >= 0.6 is 35.3 Å². The van der Waals surface area contributed by atoms with Crippen molar-refractivity contribution in [3.05, 3.63) is 56.6 Å². The number of carbonyl (C=O) groups excluding carboxylic acids is 2. The second-order valence-electron chi connectivity index (χ2n) is 7.01. The van der Waals surface area contributed by atoms with E-state index in [2.05, 4.69) is 12.2 Å². The molecule has 0 unspecified atom stereocenters. The van der Waals surface area contributed by atoms with E-state index < -0.39 is 0 Å². The van der Waals surface area contributed by atoms with Crippen molar-refractivity contribution in [1.29, 1.82) is 0 Å². The van der Waals surface area contributed by atoms with Crippen molar-refractivity contribution in [1.82, 2.24) is 4.90 Å². The number of amides is 2. The molecular formula is C22H24N2O2S3. The highest BCUT2D eigenvalue weighted by molar-refractivity contribution is 8.26. The summed E-state index contributed by atoms with van der Waals surface area (Å²) in [5, 5.41) is 4.94. The Morgan fingerprint density at radius 1 is 1.17 bits per heavy atom. The van der Waals surface area contributed by atoms with Crippen LogP contribution in [0.5, 0.6) is 0 Å². The highest BCUT2D eigenvalue weighted by atomic mass is 32.2. The molecule has 0 radical (unpaired) electrons. The number of carbonyl (C=O) groups is 2. The average Bonchev–Trinajstić information content (AvgIpc) is 3.28. The van der Waals surface area contributed by atoms with Crippen molar-refractivity contribution in [2.45, 2.75) is 39.5 Å². The van der Waals surface area contributed by atoms with Gasteiger partial charge in [-0.3, -0.25) is 14.5 Å². The molecule has 4 nitrogen and oxygen atoms in total. The van der Waals surface area contributed by atoms with Crippen LogP contribution in [0.15, 0.2) is 40.6 Å². The minimum Gasteiger partial charge on any atom is -0.326 e. The number of benzene rings is 1. The molecule has 2 heterocycles. The maximum atomic E-state index is 12.6. The number of hydrogen-bond acceptors (Lipinski definition) is 5. The van der Waals surface area contributed by atoms with Gasteiger partial charge in [0.05, 0.1) is 4.91 Å². The van der Waals surface area contributed by atoms with Gasteiger partial charge in [-0.2, -0.15) is 0 Å². The van der Waals surface area contributed by atoms with E-state index in [1.54, 1.807) is 16.2 Å². The van der Waals surface area contributed by atoms with E-state index in [4.69, 9.17) is 12.2 Å². The van der Waals surface area contributed by atoms with Crippen LogP contribution in [-0.2, 0) is 9.59 Å². The number of thiocarbonyl (C=S) groups is 1. The molecule has 0 saturated carbocycles. The van der Waals surface area contributed by atoms with E-state index >= 15 is 0 Å². The maximum Gasteiger partial charge on any atom is 0.266 e. The van der Waals surface area contributed by atoms with Crippen LogP contribution in [0.1, 0.15) is 41.7 Å². The second kappa shape index (κ2) is 10.2. The standard InChI is InChI=1S/C22H24N2O2S3/c1-15-9-10-17(13-16(15)2)23-20(25)8-4-3-5-11-24-21(26)19(29-22(24)27)14-18-7-6-12-28-18/h6-7,9-10,12-14H,3-5,8,11H2,1-2H3,(H,23,25)/b19-14-. The van der Waals surface area contributed by atoms with Gasteiger partial charge in [0.2, 0.25) is 5.91 Å². The van der Waals surface area contributed by atoms with E-state index in [0.717, 1.165) is 29.8 Å². The lowest BCUT2D eigenvalue weighted by Crippen LogP contribution is -2.29. The van der Waals surface area contributed by atoms with Crippen LogP contribution in [0.4, 0.5) is 5.69 Å². The summed E-state index contributed by atoms with van der Waals surface area (Å²) in [5.74, 6) is 0.0126. The summed E-state index contributed by atoms with van der Waals surface area (Å²) in [6, 6.07) is 9.89. The lowest BCUT2D eigenvalue weighted by Gasteiger charge is -2.14. The topological polar surface area (TPSA) is 49.4 Å². The predicted octanol–water partition coefficient (Wildman–Crippen LogP) is 5.77. The number of nitrogens with zero attached hydrogens (tertiary/aromatic N) is 1. The summed E-state index contributed by atoms with van der Waals surface area (Å²) in [5.41, 5.74) is 3.22. The smallest absolute Gasteiger partial charge is 0.266 e. The zero-order chi connectivity index (χ0) is 20.8. The molecular weight excluding hydrogens is 420 g/mol. The Hall–Kier alpha value is -1.96. The van der Waals surface area contributed by atoms with Gasteiger partial charge in [0.1, 0.15) is 4.32 Å². The van der Waals surface area contributed by atoms with E-state index in [9.17, 15) is 9.59 Å². The van der Waals surface area contributed by atoms with Gasteiger partial charge in [-0.15, -0.1) is 11.3 Å². The largest absolute Gasteiger partial charge is 0.326 e. The molecule has 1 aliphatic rings. The fourth-order valence-corrected chi connectivity index (χ4v) is 5.00.